The van der Waals surface area contributed by atoms with E-state index < -0.39 is 5.92 Å². The fourth-order valence-electron chi connectivity index (χ4n) is 3.08. The number of nitrogens with zero attached hydrogens (tertiary/aromatic N) is 1. The molecule has 6 heteroatoms. The molecule has 0 bridgehead atoms. The number of carbonyl (C=O) groups is 2. The van der Waals surface area contributed by atoms with Crippen molar-refractivity contribution in [3.63, 3.8) is 0 Å². The second-order valence-corrected chi connectivity index (χ2v) is 6.65. The third-order valence-corrected chi connectivity index (χ3v) is 4.85. The molecule has 0 saturated carbocycles. The van der Waals surface area contributed by atoms with Crippen molar-refractivity contribution in [2.75, 3.05) is 23.4 Å². The number of hydrogen-bond donors (Lipinski definition) is 1. The van der Waals surface area contributed by atoms with E-state index in [-0.39, 0.29) is 18.2 Å². The summed E-state index contributed by atoms with van der Waals surface area (Å²) >= 11 is 6.16. The van der Waals surface area contributed by atoms with E-state index in [2.05, 4.69) is 5.32 Å². The van der Waals surface area contributed by atoms with Gasteiger partial charge in [-0.15, -0.1) is 0 Å². The molecule has 0 aliphatic carbocycles. The van der Waals surface area contributed by atoms with E-state index >= 15 is 0 Å². The van der Waals surface area contributed by atoms with Crippen LogP contribution in [0.4, 0.5) is 11.4 Å². The molecule has 0 spiro atoms. The third kappa shape index (κ3) is 3.83. The van der Waals surface area contributed by atoms with Gasteiger partial charge in [-0.25, -0.2) is 0 Å². The molecule has 1 fully saturated rings. The summed E-state index contributed by atoms with van der Waals surface area (Å²) in [5.74, 6) is 0.0494. The van der Waals surface area contributed by atoms with Crippen molar-refractivity contribution in [3.05, 3.63) is 53.1 Å². The predicted molar refractivity (Wildman–Crippen MR) is 103 cm³/mol. The van der Waals surface area contributed by atoms with Crippen LogP contribution in [0.15, 0.2) is 42.5 Å². The lowest BCUT2D eigenvalue weighted by atomic mass is 10.1. The number of ether oxygens (including phenoxy) is 1. The molecule has 136 valence electrons. The van der Waals surface area contributed by atoms with Crippen molar-refractivity contribution < 1.29 is 14.3 Å². The Morgan fingerprint density at radius 2 is 2.08 bits per heavy atom. The van der Waals surface area contributed by atoms with Crippen molar-refractivity contribution >= 4 is 34.8 Å². The number of benzene rings is 2. The average Bonchev–Trinajstić information content (AvgIpc) is 3.00. The van der Waals surface area contributed by atoms with Gasteiger partial charge >= 0.3 is 0 Å². The lowest BCUT2D eigenvalue weighted by Crippen LogP contribution is -2.28. The van der Waals surface area contributed by atoms with Crippen molar-refractivity contribution in [2.24, 2.45) is 5.92 Å². The predicted octanol–water partition coefficient (Wildman–Crippen LogP) is 4.04. The molecule has 5 nitrogen and oxygen atoms in total. The molecule has 1 aliphatic heterocycles. The van der Waals surface area contributed by atoms with Crippen LogP contribution in [-0.4, -0.2) is 25.0 Å². The number of nitrogens with one attached hydrogen (secondary N) is 1. The van der Waals surface area contributed by atoms with Gasteiger partial charge in [-0.2, -0.15) is 0 Å². The standard InChI is InChI=1S/C20H21ClN2O3/c1-3-26-16-7-4-6-15(11-16)22-20(25)14-10-19(24)23(12-14)18-9-5-8-17(21)13(18)2/h4-9,11,14H,3,10,12H2,1-2H3,(H,22,25)/t14-/m1/s1. The first-order valence-corrected chi connectivity index (χ1v) is 8.96. The quantitative estimate of drug-likeness (QED) is 0.861. The molecule has 0 radical (unpaired) electrons. The fourth-order valence-corrected chi connectivity index (χ4v) is 3.25. The Bertz CT molecular complexity index is 838. The van der Waals surface area contributed by atoms with E-state index in [4.69, 9.17) is 16.3 Å². The molecule has 1 N–H and O–H groups in total. The molecular formula is C20H21ClN2O3. The third-order valence-electron chi connectivity index (χ3n) is 4.44. The molecule has 1 aliphatic rings. The highest BCUT2D eigenvalue weighted by molar-refractivity contribution is 6.31. The molecule has 1 atom stereocenters. The minimum Gasteiger partial charge on any atom is -0.494 e. The summed E-state index contributed by atoms with van der Waals surface area (Å²) < 4.78 is 5.44. The SMILES string of the molecule is CCOc1cccc(NC(=O)[C@@H]2CC(=O)N(c3cccc(Cl)c3C)C2)c1. The molecule has 0 unspecified atom stereocenters. The van der Waals surface area contributed by atoms with Crippen LogP contribution in [0.1, 0.15) is 18.9 Å². The van der Waals surface area contributed by atoms with Crippen molar-refractivity contribution in [1.29, 1.82) is 0 Å². The van der Waals surface area contributed by atoms with Gasteiger partial charge in [-0.1, -0.05) is 23.7 Å². The molecule has 3 rings (SSSR count). The Balaban J connectivity index is 1.71. The Kier molecular flexibility index (Phi) is 5.47. The first-order valence-electron chi connectivity index (χ1n) is 8.58. The number of anilines is 2. The minimum atomic E-state index is -0.406. The number of hydrogen-bond acceptors (Lipinski definition) is 3. The highest BCUT2D eigenvalue weighted by Gasteiger charge is 2.35. The molecule has 1 heterocycles. The van der Waals surface area contributed by atoms with Crippen molar-refractivity contribution in [1.82, 2.24) is 0 Å². The highest BCUT2D eigenvalue weighted by atomic mass is 35.5. The van der Waals surface area contributed by atoms with Gasteiger partial charge in [0, 0.05) is 35.4 Å². The Morgan fingerprint density at radius 3 is 2.85 bits per heavy atom. The molecule has 2 amide bonds. The zero-order valence-electron chi connectivity index (χ0n) is 14.8. The largest absolute Gasteiger partial charge is 0.494 e. The van der Waals surface area contributed by atoms with Crippen LogP contribution >= 0.6 is 11.6 Å². The lowest BCUT2D eigenvalue weighted by molar-refractivity contribution is -0.122. The fraction of sp³-hybridized carbons (Fsp3) is 0.300. The van der Waals surface area contributed by atoms with Crippen LogP contribution in [0.5, 0.6) is 5.75 Å². The molecule has 26 heavy (non-hydrogen) atoms. The number of halogens is 1. The topological polar surface area (TPSA) is 58.6 Å². The molecule has 2 aromatic rings. The first kappa shape index (κ1) is 18.3. The van der Waals surface area contributed by atoms with Gasteiger partial charge in [-0.05, 0) is 43.7 Å². The molecular weight excluding hydrogens is 352 g/mol. The Labute approximate surface area is 157 Å². The maximum Gasteiger partial charge on any atom is 0.229 e. The van der Waals surface area contributed by atoms with Crippen LogP contribution < -0.4 is 15.0 Å². The van der Waals surface area contributed by atoms with E-state index in [1.54, 1.807) is 23.1 Å². The summed E-state index contributed by atoms with van der Waals surface area (Å²) in [5, 5.41) is 3.48. The average molecular weight is 373 g/mol. The van der Waals surface area contributed by atoms with Gasteiger partial charge in [-0.3, -0.25) is 9.59 Å². The van der Waals surface area contributed by atoms with Crippen LogP contribution in [0.2, 0.25) is 5.02 Å². The van der Waals surface area contributed by atoms with Crippen molar-refractivity contribution in [2.45, 2.75) is 20.3 Å². The van der Waals surface area contributed by atoms with E-state index in [9.17, 15) is 9.59 Å². The van der Waals surface area contributed by atoms with Crippen LogP contribution in [0.3, 0.4) is 0 Å². The van der Waals surface area contributed by atoms with Crippen LogP contribution in [-0.2, 0) is 9.59 Å². The zero-order valence-corrected chi connectivity index (χ0v) is 15.5. The second-order valence-electron chi connectivity index (χ2n) is 6.24. The summed E-state index contributed by atoms with van der Waals surface area (Å²) in [6.07, 6.45) is 0.183. The van der Waals surface area contributed by atoms with Gasteiger partial charge in [0.1, 0.15) is 5.75 Å². The summed E-state index contributed by atoms with van der Waals surface area (Å²) in [6, 6.07) is 12.7. The van der Waals surface area contributed by atoms with E-state index in [0.29, 0.717) is 29.6 Å². The number of carbonyl (C=O) groups excluding carboxylic acids is 2. The Morgan fingerprint density at radius 1 is 1.31 bits per heavy atom. The zero-order chi connectivity index (χ0) is 18.7. The second kappa shape index (κ2) is 7.79. The van der Waals surface area contributed by atoms with Crippen LogP contribution in [0.25, 0.3) is 0 Å². The van der Waals surface area contributed by atoms with Gasteiger partial charge in [0.05, 0.1) is 12.5 Å². The normalized spacial score (nSPS) is 16.7. The lowest BCUT2D eigenvalue weighted by Gasteiger charge is -2.19. The molecule has 1 saturated heterocycles. The molecule has 2 aromatic carbocycles. The van der Waals surface area contributed by atoms with E-state index in [1.165, 1.54) is 0 Å². The first-order chi connectivity index (χ1) is 12.5. The van der Waals surface area contributed by atoms with Gasteiger partial charge in [0.15, 0.2) is 0 Å². The van der Waals surface area contributed by atoms with Crippen molar-refractivity contribution in [3.8, 4) is 5.75 Å². The van der Waals surface area contributed by atoms with Gasteiger partial charge < -0.3 is 15.0 Å². The van der Waals surface area contributed by atoms with E-state index in [1.807, 2.05) is 38.1 Å². The maximum atomic E-state index is 12.6. The number of rotatable bonds is 5. The molecule has 0 aromatic heterocycles. The summed E-state index contributed by atoms with van der Waals surface area (Å²) in [5.41, 5.74) is 2.26. The highest BCUT2D eigenvalue weighted by Crippen LogP contribution is 2.32. The van der Waals surface area contributed by atoms with Gasteiger partial charge in [0.25, 0.3) is 0 Å². The monoisotopic (exact) mass is 372 g/mol. The van der Waals surface area contributed by atoms with Gasteiger partial charge in [0.2, 0.25) is 11.8 Å². The summed E-state index contributed by atoms with van der Waals surface area (Å²) in [4.78, 5) is 26.7. The summed E-state index contributed by atoms with van der Waals surface area (Å²) in [7, 11) is 0. The minimum absolute atomic E-state index is 0.0708. The van der Waals surface area contributed by atoms with E-state index in [0.717, 1.165) is 11.3 Å². The Hall–Kier alpha value is -2.53. The van der Waals surface area contributed by atoms with Crippen LogP contribution in [0, 0.1) is 12.8 Å². The number of amides is 2. The maximum absolute atomic E-state index is 12.6. The smallest absolute Gasteiger partial charge is 0.229 e. The summed E-state index contributed by atoms with van der Waals surface area (Å²) in [6.45, 7) is 4.68.